The molecule has 90 valence electrons. The molecule has 0 aromatic carbocycles. The summed E-state index contributed by atoms with van der Waals surface area (Å²) in [5.41, 5.74) is 1.69. The zero-order valence-corrected chi connectivity index (χ0v) is 10.3. The number of pyridine rings is 1. The highest BCUT2D eigenvalue weighted by Crippen LogP contribution is 2.17. The van der Waals surface area contributed by atoms with E-state index < -0.39 is 0 Å². The Hall–Kier alpha value is -1.59. The minimum absolute atomic E-state index is 0. The monoisotopic (exact) mass is 272 g/mol. The third-order valence-electron chi connectivity index (χ3n) is 1.94. The number of alkyl halides is 1. The molecule has 0 spiro atoms. The maximum atomic E-state index is 11.0. The number of carbonyl (C=O) groups excluding carboxylic acids is 1. The highest BCUT2D eigenvalue weighted by atomic mass is 35.5. The van der Waals surface area contributed by atoms with Crippen LogP contribution in [0.1, 0.15) is 0 Å². The zero-order chi connectivity index (χ0) is 11.4. The van der Waals surface area contributed by atoms with Crippen molar-refractivity contribution in [2.75, 3.05) is 11.2 Å². The molecule has 0 saturated heterocycles. The Labute approximate surface area is 109 Å². The first-order valence-corrected chi connectivity index (χ1v) is 5.14. The van der Waals surface area contributed by atoms with Gasteiger partial charge in [-0.05, 0) is 12.1 Å². The lowest BCUT2D eigenvalue weighted by atomic mass is 10.2. The van der Waals surface area contributed by atoms with Crippen molar-refractivity contribution < 1.29 is 4.79 Å². The van der Waals surface area contributed by atoms with Gasteiger partial charge >= 0.3 is 0 Å². The number of hydrogen-bond acceptors (Lipinski definition) is 3. The number of amides is 1. The molecule has 2 N–H and O–H groups in total. The molecule has 0 fully saturated rings. The second-order valence-corrected chi connectivity index (χ2v) is 3.36. The van der Waals surface area contributed by atoms with Crippen LogP contribution in [0.5, 0.6) is 0 Å². The second kappa shape index (κ2) is 6.22. The number of nitrogens with one attached hydrogen (secondary N) is 2. The van der Waals surface area contributed by atoms with Crippen molar-refractivity contribution >= 4 is 35.7 Å². The summed E-state index contributed by atoms with van der Waals surface area (Å²) in [6.07, 6.45) is 3.40. The fraction of sp³-hybridized carbons (Fsp3) is 0.100. The lowest BCUT2D eigenvalue weighted by Crippen LogP contribution is -2.12. The third kappa shape index (κ3) is 3.44. The molecule has 0 aliphatic heterocycles. The maximum Gasteiger partial charge on any atom is 0.240 e. The highest BCUT2D eigenvalue weighted by molar-refractivity contribution is 6.29. The first kappa shape index (κ1) is 13.5. The standard InChI is InChI=1S/C10H9ClN4O.ClH/c11-5-10(16)13-9-4-8(14-15-9)7-2-1-3-12-6-7;/h1-4,6H,5H2,(H2,13,14,15,16);1H. The molecule has 0 atom stereocenters. The molecule has 5 nitrogen and oxygen atoms in total. The molecular formula is C10H10Cl2N4O. The van der Waals surface area contributed by atoms with Gasteiger partial charge < -0.3 is 5.32 Å². The van der Waals surface area contributed by atoms with Crippen molar-refractivity contribution in [3.05, 3.63) is 30.6 Å². The molecule has 0 aliphatic rings. The molecule has 2 aromatic rings. The van der Waals surface area contributed by atoms with Gasteiger partial charge in [-0.15, -0.1) is 24.0 Å². The van der Waals surface area contributed by atoms with Crippen LogP contribution >= 0.6 is 24.0 Å². The molecule has 2 heterocycles. The lowest BCUT2D eigenvalue weighted by Gasteiger charge is -1.95. The van der Waals surface area contributed by atoms with E-state index in [1.54, 1.807) is 18.5 Å². The summed E-state index contributed by atoms with van der Waals surface area (Å²) in [6.45, 7) is 0. The predicted octanol–water partition coefficient (Wildman–Crippen LogP) is 2.07. The zero-order valence-electron chi connectivity index (χ0n) is 8.68. The third-order valence-corrected chi connectivity index (χ3v) is 2.18. The van der Waals surface area contributed by atoms with E-state index in [1.165, 1.54) is 0 Å². The van der Waals surface area contributed by atoms with Gasteiger partial charge in [-0.2, -0.15) is 5.10 Å². The first-order chi connectivity index (χ1) is 7.79. The van der Waals surface area contributed by atoms with Crippen molar-refractivity contribution in [1.29, 1.82) is 0 Å². The molecule has 0 aliphatic carbocycles. The van der Waals surface area contributed by atoms with Crippen LogP contribution in [0.3, 0.4) is 0 Å². The van der Waals surface area contributed by atoms with Crippen molar-refractivity contribution in [3.8, 4) is 11.3 Å². The molecule has 0 radical (unpaired) electrons. The fourth-order valence-corrected chi connectivity index (χ4v) is 1.30. The van der Waals surface area contributed by atoms with Gasteiger partial charge in [0.25, 0.3) is 0 Å². The summed E-state index contributed by atoms with van der Waals surface area (Å²) in [5, 5.41) is 9.29. The molecule has 0 bridgehead atoms. The number of aromatic amines is 1. The predicted molar refractivity (Wildman–Crippen MR) is 68.4 cm³/mol. The Kier molecular flexibility index (Phi) is 4.93. The van der Waals surface area contributed by atoms with Crippen molar-refractivity contribution in [3.63, 3.8) is 0 Å². The van der Waals surface area contributed by atoms with E-state index in [0.717, 1.165) is 11.3 Å². The number of aromatic nitrogens is 3. The maximum absolute atomic E-state index is 11.0. The lowest BCUT2D eigenvalue weighted by molar-refractivity contribution is -0.113. The number of halogens is 2. The van der Waals surface area contributed by atoms with Crippen LogP contribution in [0, 0.1) is 0 Å². The summed E-state index contributed by atoms with van der Waals surface area (Å²) >= 11 is 5.37. The van der Waals surface area contributed by atoms with Crippen LogP contribution in [0.15, 0.2) is 30.6 Å². The molecular weight excluding hydrogens is 263 g/mol. The summed E-state index contributed by atoms with van der Waals surface area (Å²) in [4.78, 5) is 15.0. The normalized spacial score (nSPS) is 9.47. The minimum Gasteiger partial charge on any atom is -0.308 e. The molecule has 2 aromatic heterocycles. The van der Waals surface area contributed by atoms with Crippen molar-refractivity contribution in [2.45, 2.75) is 0 Å². The van der Waals surface area contributed by atoms with Crippen LogP contribution in [-0.4, -0.2) is 27.0 Å². The van der Waals surface area contributed by atoms with E-state index in [0.29, 0.717) is 5.82 Å². The van der Waals surface area contributed by atoms with Gasteiger partial charge in [-0.25, -0.2) is 0 Å². The molecule has 1 amide bonds. The van der Waals surface area contributed by atoms with Crippen LogP contribution < -0.4 is 5.32 Å². The Morgan fingerprint density at radius 3 is 3.00 bits per heavy atom. The Balaban J connectivity index is 0.00000144. The van der Waals surface area contributed by atoms with E-state index >= 15 is 0 Å². The largest absolute Gasteiger partial charge is 0.308 e. The summed E-state index contributed by atoms with van der Waals surface area (Å²) < 4.78 is 0. The summed E-state index contributed by atoms with van der Waals surface area (Å²) in [7, 11) is 0. The number of carbonyl (C=O) groups is 1. The topological polar surface area (TPSA) is 70.7 Å². The number of nitrogens with zero attached hydrogens (tertiary/aromatic N) is 2. The first-order valence-electron chi connectivity index (χ1n) is 4.61. The van der Waals surface area contributed by atoms with Crippen LogP contribution in [-0.2, 0) is 4.79 Å². The average molecular weight is 273 g/mol. The minimum atomic E-state index is -0.286. The van der Waals surface area contributed by atoms with Gasteiger partial charge in [0.05, 0.1) is 5.69 Å². The van der Waals surface area contributed by atoms with Gasteiger partial charge in [-0.3, -0.25) is 14.9 Å². The van der Waals surface area contributed by atoms with Crippen LogP contribution in [0.25, 0.3) is 11.3 Å². The van der Waals surface area contributed by atoms with E-state index in [9.17, 15) is 4.79 Å². The van der Waals surface area contributed by atoms with E-state index in [4.69, 9.17) is 11.6 Å². The number of rotatable bonds is 3. The average Bonchev–Trinajstić information content (AvgIpc) is 2.78. The molecule has 2 rings (SSSR count). The van der Waals surface area contributed by atoms with E-state index in [1.807, 2.05) is 12.1 Å². The van der Waals surface area contributed by atoms with Gasteiger partial charge in [0.15, 0.2) is 5.82 Å². The molecule has 17 heavy (non-hydrogen) atoms. The number of hydrogen-bond donors (Lipinski definition) is 2. The smallest absolute Gasteiger partial charge is 0.240 e. The quantitative estimate of drug-likeness (QED) is 0.841. The number of H-pyrrole nitrogens is 1. The Morgan fingerprint density at radius 2 is 2.35 bits per heavy atom. The van der Waals surface area contributed by atoms with Crippen LogP contribution in [0.4, 0.5) is 5.82 Å². The Morgan fingerprint density at radius 1 is 1.53 bits per heavy atom. The number of anilines is 1. The summed E-state index contributed by atoms with van der Waals surface area (Å²) in [6, 6.07) is 5.45. The van der Waals surface area contributed by atoms with Gasteiger partial charge in [0, 0.05) is 24.0 Å². The highest BCUT2D eigenvalue weighted by Gasteiger charge is 2.05. The van der Waals surface area contributed by atoms with Gasteiger partial charge in [-0.1, -0.05) is 0 Å². The van der Waals surface area contributed by atoms with Gasteiger partial charge in [0.2, 0.25) is 5.91 Å². The Bertz CT molecular complexity index is 486. The van der Waals surface area contributed by atoms with Crippen molar-refractivity contribution in [1.82, 2.24) is 15.2 Å². The molecule has 0 saturated carbocycles. The summed E-state index contributed by atoms with van der Waals surface area (Å²) in [5.74, 6) is 0.0742. The van der Waals surface area contributed by atoms with Crippen LogP contribution in [0.2, 0.25) is 0 Å². The van der Waals surface area contributed by atoms with E-state index in [-0.39, 0.29) is 24.2 Å². The SMILES string of the molecule is Cl.O=C(CCl)Nc1cc(-c2cccnc2)[nH]n1. The molecule has 0 unspecified atom stereocenters. The van der Waals surface area contributed by atoms with Crippen molar-refractivity contribution in [2.24, 2.45) is 0 Å². The van der Waals surface area contributed by atoms with E-state index in [2.05, 4.69) is 20.5 Å². The fourth-order valence-electron chi connectivity index (χ4n) is 1.23. The molecule has 7 heteroatoms. The second-order valence-electron chi connectivity index (χ2n) is 3.09. The van der Waals surface area contributed by atoms with Gasteiger partial charge in [0.1, 0.15) is 5.88 Å².